The molecule has 0 aromatic heterocycles. The van der Waals surface area contributed by atoms with Gasteiger partial charge in [0.05, 0.1) is 0 Å². The quantitative estimate of drug-likeness (QED) is 0.354. The van der Waals surface area contributed by atoms with E-state index in [1.54, 1.807) is 6.55 Å². The van der Waals surface area contributed by atoms with Crippen molar-refractivity contribution in [3.63, 3.8) is 0 Å². The second-order valence-electron chi connectivity index (χ2n) is 3.35. The Hall–Kier alpha value is -0.493. The molecule has 0 rings (SSSR count). The Bertz CT molecular complexity index is 226. The molecule has 0 fully saturated rings. The van der Waals surface area contributed by atoms with E-state index >= 15 is 0 Å². The van der Waals surface area contributed by atoms with Crippen LogP contribution in [0, 0.1) is 0 Å². The van der Waals surface area contributed by atoms with Gasteiger partial charge in [-0.2, -0.15) is 0 Å². The first-order valence-corrected chi connectivity index (χ1v) is 8.09. The molecule has 0 saturated carbocycles. The molecule has 16 heavy (non-hydrogen) atoms. The van der Waals surface area contributed by atoms with Crippen LogP contribution in [0.25, 0.3) is 0 Å². The van der Waals surface area contributed by atoms with Crippen LogP contribution in [0.4, 0.5) is 0 Å². The largest absolute Gasteiger partial charge is 0.406 e. The maximum Gasteiger partial charge on any atom is 0.326 e. The highest BCUT2D eigenvalue weighted by Gasteiger charge is 2.46. The molecule has 0 aliphatic heterocycles. The molecule has 0 spiro atoms. The van der Waals surface area contributed by atoms with Gasteiger partial charge in [0, 0.05) is 19.8 Å². The van der Waals surface area contributed by atoms with Crippen molar-refractivity contribution in [2.24, 2.45) is 0 Å². The average molecular weight is 246 g/mol. The molecule has 0 aromatic rings. The van der Waals surface area contributed by atoms with Crippen molar-refractivity contribution in [3.05, 3.63) is 12.7 Å². The maximum atomic E-state index is 11.9. The molecule has 1 unspecified atom stereocenters. The first-order chi connectivity index (χ1) is 7.56. The molecule has 0 heterocycles. The number of hydrogen-bond donors (Lipinski definition) is 0. The van der Waals surface area contributed by atoms with E-state index in [0.29, 0.717) is 19.8 Å². The van der Waals surface area contributed by atoms with Gasteiger partial charge in [-0.1, -0.05) is 6.58 Å². The minimum absolute atomic E-state index is 0.0961. The lowest BCUT2D eigenvalue weighted by Crippen LogP contribution is -2.57. The predicted molar refractivity (Wildman–Crippen MR) is 65.5 cm³/mol. The molecule has 0 radical (unpaired) electrons. The van der Waals surface area contributed by atoms with E-state index in [-0.39, 0.29) is 5.41 Å². The summed E-state index contributed by atoms with van der Waals surface area (Å²) < 4.78 is 16.6. The zero-order chi connectivity index (χ0) is 12.6. The van der Waals surface area contributed by atoms with Gasteiger partial charge in [-0.3, -0.25) is 4.79 Å². The zero-order valence-corrected chi connectivity index (χ0v) is 11.6. The van der Waals surface area contributed by atoms with Crippen LogP contribution in [0.2, 0.25) is 6.55 Å². The molecule has 0 aliphatic carbocycles. The zero-order valence-electron chi connectivity index (χ0n) is 10.6. The lowest BCUT2D eigenvalue weighted by Gasteiger charge is -2.31. The second-order valence-corrected chi connectivity index (χ2v) is 6.82. The van der Waals surface area contributed by atoms with E-state index in [1.165, 1.54) is 6.08 Å². The van der Waals surface area contributed by atoms with Crippen molar-refractivity contribution in [1.82, 2.24) is 0 Å². The van der Waals surface area contributed by atoms with Crippen LogP contribution >= 0.6 is 0 Å². The molecule has 0 N–H and O–H groups in total. The third-order valence-corrected chi connectivity index (χ3v) is 5.51. The van der Waals surface area contributed by atoms with Gasteiger partial charge in [-0.15, -0.1) is 0 Å². The van der Waals surface area contributed by atoms with Crippen molar-refractivity contribution >= 4 is 13.7 Å². The van der Waals surface area contributed by atoms with Crippen LogP contribution in [0.15, 0.2) is 12.7 Å². The van der Waals surface area contributed by atoms with E-state index in [4.69, 9.17) is 13.9 Å². The minimum atomic E-state index is -2.73. The first kappa shape index (κ1) is 15.5. The van der Waals surface area contributed by atoms with Crippen molar-refractivity contribution < 1.29 is 18.7 Å². The molecule has 0 saturated heterocycles. The van der Waals surface area contributed by atoms with Crippen molar-refractivity contribution in [2.75, 3.05) is 19.8 Å². The highest BCUT2D eigenvalue weighted by atomic mass is 28.4. The fourth-order valence-electron chi connectivity index (χ4n) is 1.43. The molecule has 4 nitrogen and oxygen atoms in total. The Kier molecular flexibility index (Phi) is 7.49. The molecule has 5 heteroatoms. The van der Waals surface area contributed by atoms with Crippen LogP contribution < -0.4 is 0 Å². The Morgan fingerprint density at radius 1 is 1.25 bits per heavy atom. The maximum absolute atomic E-state index is 11.9. The summed E-state index contributed by atoms with van der Waals surface area (Å²) in [7, 11) is -2.73. The summed E-state index contributed by atoms with van der Waals surface area (Å²) in [6.07, 6.45) is 1.30. The van der Waals surface area contributed by atoms with E-state index in [1.807, 2.05) is 20.8 Å². The molecule has 94 valence electrons. The summed E-state index contributed by atoms with van der Waals surface area (Å²) in [6, 6.07) is 0. The monoisotopic (exact) mass is 246 g/mol. The summed E-state index contributed by atoms with van der Waals surface area (Å²) in [4.78, 5) is 11.9. The lowest BCUT2D eigenvalue weighted by atomic mass is 10.7. The van der Waals surface area contributed by atoms with Gasteiger partial charge in [-0.05, 0) is 33.4 Å². The van der Waals surface area contributed by atoms with Gasteiger partial charge in [0.1, 0.15) is 0 Å². The van der Waals surface area contributed by atoms with Gasteiger partial charge in [0.25, 0.3) is 0 Å². The van der Waals surface area contributed by atoms with Crippen LogP contribution in [0.3, 0.4) is 0 Å². The first-order valence-electron chi connectivity index (χ1n) is 5.60. The van der Waals surface area contributed by atoms with Crippen LogP contribution in [-0.2, 0) is 18.7 Å². The molecule has 0 aliphatic rings. The van der Waals surface area contributed by atoms with Gasteiger partial charge >= 0.3 is 8.32 Å². The van der Waals surface area contributed by atoms with Crippen LogP contribution in [0.1, 0.15) is 20.8 Å². The summed E-state index contributed by atoms with van der Waals surface area (Å²) >= 11 is 0. The van der Waals surface area contributed by atoms with E-state index in [2.05, 4.69) is 6.58 Å². The highest BCUT2D eigenvalue weighted by molar-refractivity contribution is 7.02. The van der Waals surface area contributed by atoms with E-state index in [9.17, 15) is 4.79 Å². The minimum Gasteiger partial charge on any atom is -0.406 e. The fraction of sp³-hybridized carbons (Fsp3) is 0.727. The molecular formula is C11H22O4Si. The van der Waals surface area contributed by atoms with Crippen LogP contribution in [-0.4, -0.2) is 39.5 Å². The molecule has 0 amide bonds. The van der Waals surface area contributed by atoms with Crippen molar-refractivity contribution in [1.29, 1.82) is 0 Å². The smallest absolute Gasteiger partial charge is 0.326 e. The Morgan fingerprint density at radius 3 is 2.06 bits per heavy atom. The number of carbonyl (C=O) groups excluding carboxylic acids is 1. The van der Waals surface area contributed by atoms with Crippen molar-refractivity contribution in [2.45, 2.75) is 33.2 Å². The molecular weight excluding hydrogens is 224 g/mol. The van der Waals surface area contributed by atoms with Gasteiger partial charge in [-0.25, -0.2) is 0 Å². The summed E-state index contributed by atoms with van der Waals surface area (Å²) in [6.45, 7) is 12.4. The fourth-order valence-corrected chi connectivity index (χ4v) is 3.91. The number of hydrogen-bond acceptors (Lipinski definition) is 4. The standard InChI is InChI=1S/C11H22O4Si/c1-6-10(12)16(5,15-9-4)11(13-7-2)14-8-3/h6,11H,1,7-9H2,2-5H3. The molecule has 0 bridgehead atoms. The Labute approximate surface area is 98.7 Å². The van der Waals surface area contributed by atoms with E-state index < -0.39 is 14.2 Å². The van der Waals surface area contributed by atoms with Gasteiger partial charge < -0.3 is 13.9 Å². The number of rotatable bonds is 9. The average Bonchev–Trinajstić information content (AvgIpc) is 2.27. The van der Waals surface area contributed by atoms with Crippen molar-refractivity contribution in [3.8, 4) is 0 Å². The van der Waals surface area contributed by atoms with E-state index in [0.717, 1.165) is 0 Å². The number of ether oxygens (including phenoxy) is 2. The summed E-state index contributed by atoms with van der Waals surface area (Å²) in [5.41, 5.74) is 0. The van der Waals surface area contributed by atoms with Crippen LogP contribution in [0.5, 0.6) is 0 Å². The third kappa shape index (κ3) is 3.82. The highest BCUT2D eigenvalue weighted by Crippen LogP contribution is 2.17. The van der Waals surface area contributed by atoms with Gasteiger partial charge in [0.2, 0.25) is 0 Å². The topological polar surface area (TPSA) is 44.8 Å². The van der Waals surface area contributed by atoms with Gasteiger partial charge in [0.15, 0.2) is 11.3 Å². The summed E-state index contributed by atoms with van der Waals surface area (Å²) in [5, 5.41) is -0.0961. The Morgan fingerprint density at radius 2 is 1.75 bits per heavy atom. The second kappa shape index (κ2) is 7.73. The lowest BCUT2D eigenvalue weighted by molar-refractivity contribution is -0.119. The Balaban J connectivity index is 4.93. The molecule has 1 atom stereocenters. The third-order valence-electron chi connectivity index (χ3n) is 2.20. The normalized spacial score (nSPS) is 14.8. The SMILES string of the molecule is C=CC(=O)[Si](C)(OCC)C(OCC)OCC. The molecule has 0 aromatic carbocycles. The predicted octanol–water partition coefficient (Wildman–Crippen LogP) is 1.83. The number of allylic oxidation sites excluding steroid dienone is 1. The summed E-state index contributed by atoms with van der Waals surface area (Å²) in [5.74, 6) is -0.562. The number of carbonyl (C=O) groups is 1.